The van der Waals surface area contributed by atoms with Gasteiger partial charge in [0.1, 0.15) is 0 Å². The van der Waals surface area contributed by atoms with Gasteiger partial charge >= 0.3 is 8.56 Å². The van der Waals surface area contributed by atoms with E-state index in [0.717, 1.165) is 26.1 Å². The van der Waals surface area contributed by atoms with E-state index in [9.17, 15) is 0 Å². The summed E-state index contributed by atoms with van der Waals surface area (Å²) < 4.78 is 12.4. The second kappa shape index (κ2) is 15.0. The van der Waals surface area contributed by atoms with Crippen molar-refractivity contribution >= 4 is 8.56 Å². The van der Waals surface area contributed by atoms with Crippen molar-refractivity contribution in [2.45, 2.75) is 104 Å². The van der Waals surface area contributed by atoms with Gasteiger partial charge in [0.25, 0.3) is 0 Å². The molecule has 0 aromatic heterocycles. The summed E-state index contributed by atoms with van der Waals surface area (Å²) in [7, 11) is -1.90. The quantitative estimate of drug-likeness (QED) is 0.241. The molecule has 128 valence electrons. The van der Waals surface area contributed by atoms with Crippen molar-refractivity contribution in [3.8, 4) is 0 Å². The van der Waals surface area contributed by atoms with Gasteiger partial charge in [-0.2, -0.15) is 0 Å². The maximum atomic E-state index is 6.18. The van der Waals surface area contributed by atoms with Gasteiger partial charge in [-0.15, -0.1) is 0 Å². The lowest BCUT2D eigenvalue weighted by atomic mass is 10.1. The molecule has 0 N–H and O–H groups in total. The first kappa shape index (κ1) is 21.1. The molecule has 0 amide bonds. The lowest BCUT2D eigenvalue weighted by molar-refractivity contribution is 0.168. The Bertz CT molecular complexity index is 199. The smallest absolute Gasteiger partial charge is 0.334 e. The molecule has 0 aliphatic rings. The van der Waals surface area contributed by atoms with Crippen LogP contribution in [0, 0.1) is 0 Å². The van der Waals surface area contributed by atoms with Crippen LogP contribution in [0.1, 0.15) is 91.4 Å². The van der Waals surface area contributed by atoms with E-state index in [2.05, 4.69) is 27.3 Å². The van der Waals surface area contributed by atoms with E-state index >= 15 is 0 Å². The molecule has 21 heavy (non-hydrogen) atoms. The molecule has 0 bridgehead atoms. The zero-order valence-electron chi connectivity index (χ0n) is 15.2. The molecule has 0 rings (SSSR count). The van der Waals surface area contributed by atoms with Crippen LogP contribution < -0.4 is 0 Å². The summed E-state index contributed by atoms with van der Waals surface area (Å²) in [5, 5.41) is 0. The molecule has 0 aromatic carbocycles. The van der Waals surface area contributed by atoms with Crippen molar-refractivity contribution < 1.29 is 8.85 Å². The molecule has 0 saturated carbocycles. The van der Waals surface area contributed by atoms with Crippen molar-refractivity contribution in [3.05, 3.63) is 0 Å². The number of unbranched alkanes of at least 4 members (excludes halogenated alkanes) is 8. The van der Waals surface area contributed by atoms with Crippen molar-refractivity contribution in [2.75, 3.05) is 13.2 Å². The highest BCUT2D eigenvalue weighted by Gasteiger charge is 2.30. The zero-order valence-corrected chi connectivity index (χ0v) is 16.2. The molecule has 0 radical (unpaired) electrons. The van der Waals surface area contributed by atoms with Gasteiger partial charge in [0, 0.05) is 13.2 Å². The maximum absolute atomic E-state index is 6.18. The van der Waals surface area contributed by atoms with Crippen LogP contribution in [0.25, 0.3) is 0 Å². The van der Waals surface area contributed by atoms with Crippen LogP contribution in [-0.4, -0.2) is 21.8 Å². The Morgan fingerprint density at radius 2 is 1.00 bits per heavy atom. The fourth-order valence-corrected chi connectivity index (χ4v) is 4.87. The number of rotatable bonds is 16. The average molecular weight is 317 g/mol. The largest absolute Gasteiger partial charge is 0.394 e. The lowest BCUT2D eigenvalue weighted by Crippen LogP contribution is -2.39. The second-order valence-electron chi connectivity index (χ2n) is 6.41. The summed E-state index contributed by atoms with van der Waals surface area (Å²) in [6.07, 6.45) is 14.3. The fourth-order valence-electron chi connectivity index (χ4n) is 2.45. The van der Waals surface area contributed by atoms with E-state index in [1.807, 2.05) is 0 Å². The van der Waals surface area contributed by atoms with E-state index in [1.54, 1.807) is 0 Å². The highest BCUT2D eigenvalue weighted by molar-refractivity contribution is 6.66. The third kappa shape index (κ3) is 13.5. The molecular weight excluding hydrogens is 276 g/mol. The highest BCUT2D eigenvalue weighted by atomic mass is 28.4. The van der Waals surface area contributed by atoms with E-state index in [1.165, 1.54) is 63.8 Å². The SMILES string of the molecule is CCCCCCCCC[Si](C)(OCCCC)OCCCC. The van der Waals surface area contributed by atoms with Crippen molar-refractivity contribution in [2.24, 2.45) is 0 Å². The minimum atomic E-state index is -1.90. The standard InChI is InChI=1S/C18H40O2Si/c1-5-8-11-12-13-14-15-18-21(4,19-16-9-6-2)20-17-10-7-3/h5-18H2,1-4H3. The first-order chi connectivity index (χ1) is 10.2. The Morgan fingerprint density at radius 1 is 0.571 bits per heavy atom. The third-order valence-corrected chi connectivity index (χ3v) is 6.94. The summed E-state index contributed by atoms with van der Waals surface area (Å²) in [6, 6.07) is 1.17. The van der Waals surface area contributed by atoms with Crippen LogP contribution >= 0.6 is 0 Å². The molecule has 0 unspecified atom stereocenters. The average Bonchev–Trinajstić information content (AvgIpc) is 2.47. The Kier molecular flexibility index (Phi) is 15.1. The van der Waals surface area contributed by atoms with Gasteiger partial charge < -0.3 is 8.85 Å². The molecule has 3 heteroatoms. The predicted molar refractivity (Wildman–Crippen MR) is 96.1 cm³/mol. The van der Waals surface area contributed by atoms with Crippen LogP contribution in [-0.2, 0) is 8.85 Å². The van der Waals surface area contributed by atoms with Crippen molar-refractivity contribution in [3.63, 3.8) is 0 Å². The molecule has 0 aliphatic heterocycles. The maximum Gasteiger partial charge on any atom is 0.334 e. The van der Waals surface area contributed by atoms with E-state index in [4.69, 9.17) is 8.85 Å². The summed E-state index contributed by atoms with van der Waals surface area (Å²) in [5.41, 5.74) is 0. The molecular formula is C18H40O2Si. The van der Waals surface area contributed by atoms with E-state index in [-0.39, 0.29) is 0 Å². The minimum absolute atomic E-state index is 0.891. The van der Waals surface area contributed by atoms with Crippen molar-refractivity contribution in [1.29, 1.82) is 0 Å². The van der Waals surface area contributed by atoms with Crippen LogP contribution in [0.15, 0.2) is 0 Å². The Hall–Kier alpha value is 0.137. The topological polar surface area (TPSA) is 18.5 Å². The van der Waals surface area contributed by atoms with Crippen LogP contribution in [0.2, 0.25) is 12.6 Å². The summed E-state index contributed by atoms with van der Waals surface area (Å²) in [6.45, 7) is 10.8. The first-order valence-corrected chi connectivity index (χ1v) is 12.0. The van der Waals surface area contributed by atoms with Crippen LogP contribution in [0.4, 0.5) is 0 Å². The van der Waals surface area contributed by atoms with Gasteiger partial charge in [0.05, 0.1) is 0 Å². The molecule has 0 aliphatic carbocycles. The summed E-state index contributed by atoms with van der Waals surface area (Å²) in [4.78, 5) is 0. The molecule has 2 nitrogen and oxygen atoms in total. The number of hydrogen-bond acceptors (Lipinski definition) is 2. The van der Waals surface area contributed by atoms with Gasteiger partial charge in [0.2, 0.25) is 0 Å². The summed E-state index contributed by atoms with van der Waals surface area (Å²) in [5.74, 6) is 0. The fraction of sp³-hybridized carbons (Fsp3) is 1.00. The second-order valence-corrected chi connectivity index (χ2v) is 9.75. The molecule has 0 atom stereocenters. The van der Waals surface area contributed by atoms with Gasteiger partial charge in [-0.25, -0.2) is 0 Å². The highest BCUT2D eigenvalue weighted by Crippen LogP contribution is 2.20. The first-order valence-electron chi connectivity index (χ1n) is 9.46. The third-order valence-electron chi connectivity index (χ3n) is 4.05. The minimum Gasteiger partial charge on any atom is -0.394 e. The summed E-state index contributed by atoms with van der Waals surface area (Å²) >= 11 is 0. The monoisotopic (exact) mass is 316 g/mol. The zero-order chi connectivity index (χ0) is 15.8. The van der Waals surface area contributed by atoms with Gasteiger partial charge in [-0.1, -0.05) is 78.6 Å². The van der Waals surface area contributed by atoms with Gasteiger partial charge in [-0.3, -0.25) is 0 Å². The van der Waals surface area contributed by atoms with Crippen LogP contribution in [0.3, 0.4) is 0 Å². The van der Waals surface area contributed by atoms with E-state index in [0.29, 0.717) is 0 Å². The predicted octanol–water partition coefficient (Wildman–Crippen LogP) is 6.44. The van der Waals surface area contributed by atoms with E-state index < -0.39 is 8.56 Å². The molecule has 0 aromatic rings. The van der Waals surface area contributed by atoms with Crippen LogP contribution in [0.5, 0.6) is 0 Å². The molecule has 0 saturated heterocycles. The molecule has 0 spiro atoms. The molecule has 0 heterocycles. The Balaban J connectivity index is 3.85. The number of hydrogen-bond donors (Lipinski definition) is 0. The van der Waals surface area contributed by atoms with Crippen molar-refractivity contribution in [1.82, 2.24) is 0 Å². The normalized spacial score (nSPS) is 12.0. The Labute approximate surface area is 135 Å². The molecule has 0 fully saturated rings. The van der Waals surface area contributed by atoms with Gasteiger partial charge in [0.15, 0.2) is 0 Å². The van der Waals surface area contributed by atoms with Gasteiger partial charge in [-0.05, 0) is 25.4 Å². The lowest BCUT2D eigenvalue weighted by Gasteiger charge is -2.27. The Morgan fingerprint density at radius 3 is 1.48 bits per heavy atom.